The summed E-state index contributed by atoms with van der Waals surface area (Å²) >= 11 is 0. The molecule has 41 heavy (non-hydrogen) atoms. The summed E-state index contributed by atoms with van der Waals surface area (Å²) in [6.07, 6.45) is 0.0463. The van der Waals surface area contributed by atoms with Gasteiger partial charge in [0.25, 0.3) is 0 Å². The molecule has 7 heteroatoms. The van der Waals surface area contributed by atoms with Crippen molar-refractivity contribution in [2.45, 2.75) is 24.9 Å². The van der Waals surface area contributed by atoms with Crippen LogP contribution in [-0.4, -0.2) is 41.6 Å². The van der Waals surface area contributed by atoms with Crippen molar-refractivity contribution in [3.05, 3.63) is 131 Å². The zero-order chi connectivity index (χ0) is 28.8. The minimum Gasteiger partial charge on any atom is -0.493 e. The van der Waals surface area contributed by atoms with Gasteiger partial charge in [-0.25, -0.2) is 9.18 Å². The number of fused-ring (bicyclic) bond motifs is 1. The molecule has 0 saturated heterocycles. The van der Waals surface area contributed by atoms with Crippen LogP contribution < -0.4 is 9.47 Å². The molecule has 6 nitrogen and oxygen atoms in total. The summed E-state index contributed by atoms with van der Waals surface area (Å²) in [5.41, 5.74) is 3.66. The SMILES string of the molecule is COc1ccc2c(c1OCC#Cc1ccc(F)cc1)CC(C(=O)O)N(C(=O)C(c1ccccc1)c1ccccc1)C2. The first kappa shape index (κ1) is 27.5. The standard InChI is InChI=1S/C34H28FNO5/c1-40-30-19-16-26-22-36(33(37)31(24-10-4-2-5-11-24)25-12-6-3-7-13-25)29(34(38)39)21-28(26)32(30)41-20-8-9-23-14-17-27(35)18-15-23/h2-7,10-19,29,31H,20-22H2,1H3,(H,38,39). The van der Waals surface area contributed by atoms with E-state index < -0.39 is 17.9 Å². The third kappa shape index (κ3) is 6.07. The number of nitrogens with zero attached hydrogens (tertiary/aromatic N) is 1. The minimum absolute atomic E-state index is 0.00859. The number of carbonyl (C=O) groups is 2. The van der Waals surface area contributed by atoms with Crippen LogP contribution >= 0.6 is 0 Å². The molecule has 4 aromatic carbocycles. The third-order valence-electron chi connectivity index (χ3n) is 7.10. The molecule has 0 spiro atoms. The van der Waals surface area contributed by atoms with Crippen LogP contribution in [0.25, 0.3) is 0 Å². The summed E-state index contributed by atoms with van der Waals surface area (Å²) < 4.78 is 24.7. The van der Waals surface area contributed by atoms with Crippen LogP contribution in [0.3, 0.4) is 0 Å². The first-order valence-corrected chi connectivity index (χ1v) is 13.2. The lowest BCUT2D eigenvalue weighted by atomic mass is 9.87. The predicted octanol–water partition coefficient (Wildman–Crippen LogP) is 5.43. The third-order valence-corrected chi connectivity index (χ3v) is 7.10. The second-order valence-corrected chi connectivity index (χ2v) is 9.61. The molecule has 0 aromatic heterocycles. The fourth-order valence-electron chi connectivity index (χ4n) is 5.10. The van der Waals surface area contributed by atoms with Gasteiger partial charge in [-0.05, 0) is 47.0 Å². The quantitative estimate of drug-likeness (QED) is 0.311. The Labute approximate surface area is 238 Å². The van der Waals surface area contributed by atoms with Gasteiger partial charge >= 0.3 is 5.97 Å². The molecule has 0 bridgehead atoms. The average Bonchev–Trinajstić information content (AvgIpc) is 3.00. The molecule has 0 fully saturated rings. The predicted molar refractivity (Wildman–Crippen MR) is 152 cm³/mol. The summed E-state index contributed by atoms with van der Waals surface area (Å²) in [4.78, 5) is 28.2. The molecule has 1 N–H and O–H groups in total. The van der Waals surface area contributed by atoms with Gasteiger partial charge in [0.05, 0.1) is 13.0 Å². The number of rotatable bonds is 7. The number of ether oxygens (including phenoxy) is 2. The molecular formula is C34H28FNO5. The highest BCUT2D eigenvalue weighted by Gasteiger charge is 2.40. The van der Waals surface area contributed by atoms with Gasteiger partial charge in [0.15, 0.2) is 11.5 Å². The van der Waals surface area contributed by atoms with Crippen molar-refractivity contribution < 1.29 is 28.6 Å². The van der Waals surface area contributed by atoms with E-state index >= 15 is 0 Å². The minimum atomic E-state index is -1.11. The summed E-state index contributed by atoms with van der Waals surface area (Å²) in [6, 6.07) is 27.1. The van der Waals surface area contributed by atoms with E-state index in [0.717, 1.165) is 16.7 Å². The largest absolute Gasteiger partial charge is 0.493 e. The van der Waals surface area contributed by atoms with Gasteiger partial charge in [-0.3, -0.25) is 4.79 Å². The number of hydrogen-bond donors (Lipinski definition) is 1. The molecule has 4 aromatic rings. The molecule has 1 atom stereocenters. The van der Waals surface area contributed by atoms with Crippen LogP contribution in [-0.2, 0) is 22.6 Å². The molecule has 1 aliphatic rings. The van der Waals surface area contributed by atoms with Crippen molar-refractivity contribution in [2.24, 2.45) is 0 Å². The topological polar surface area (TPSA) is 76.1 Å². The van der Waals surface area contributed by atoms with Gasteiger partial charge in [0, 0.05) is 24.1 Å². The van der Waals surface area contributed by atoms with Gasteiger partial charge in [0.2, 0.25) is 5.91 Å². The van der Waals surface area contributed by atoms with Gasteiger partial charge in [-0.2, -0.15) is 0 Å². The molecule has 5 rings (SSSR count). The number of carboxylic acid groups (broad SMARTS) is 1. The lowest BCUT2D eigenvalue weighted by molar-refractivity contribution is -0.151. The molecule has 0 saturated carbocycles. The van der Waals surface area contributed by atoms with E-state index in [2.05, 4.69) is 11.8 Å². The lowest BCUT2D eigenvalue weighted by Gasteiger charge is -2.37. The molecule has 0 aliphatic carbocycles. The van der Waals surface area contributed by atoms with Gasteiger partial charge in [-0.15, -0.1) is 0 Å². The van der Waals surface area contributed by atoms with E-state index in [-0.39, 0.29) is 31.3 Å². The van der Waals surface area contributed by atoms with E-state index in [9.17, 15) is 19.1 Å². The first-order chi connectivity index (χ1) is 20.0. The second-order valence-electron chi connectivity index (χ2n) is 9.61. The molecule has 1 amide bonds. The summed E-state index contributed by atoms with van der Waals surface area (Å²) in [7, 11) is 1.51. The van der Waals surface area contributed by atoms with E-state index in [1.54, 1.807) is 18.2 Å². The van der Waals surface area contributed by atoms with Crippen LogP contribution in [0.2, 0.25) is 0 Å². The summed E-state index contributed by atoms with van der Waals surface area (Å²) in [6.45, 7) is 0.109. The molecule has 206 valence electrons. The van der Waals surface area contributed by atoms with Gasteiger partial charge < -0.3 is 19.5 Å². The number of hydrogen-bond acceptors (Lipinski definition) is 4. The maximum absolute atomic E-state index is 14.2. The Bertz CT molecular complexity index is 1550. The maximum atomic E-state index is 14.2. The Morgan fingerprint density at radius 3 is 2.17 bits per heavy atom. The Balaban J connectivity index is 1.46. The number of benzene rings is 4. The molecule has 1 unspecified atom stereocenters. The van der Waals surface area contributed by atoms with Crippen LogP contribution in [0.1, 0.15) is 33.7 Å². The van der Waals surface area contributed by atoms with E-state index in [1.807, 2.05) is 66.7 Å². The fraction of sp³-hybridized carbons (Fsp3) is 0.176. The van der Waals surface area contributed by atoms with E-state index in [4.69, 9.17) is 9.47 Å². The van der Waals surface area contributed by atoms with Crippen molar-refractivity contribution in [2.75, 3.05) is 13.7 Å². The number of halogens is 1. The van der Waals surface area contributed by atoms with Crippen molar-refractivity contribution in [3.8, 4) is 23.3 Å². The highest BCUT2D eigenvalue weighted by molar-refractivity contribution is 5.91. The summed E-state index contributed by atoms with van der Waals surface area (Å²) in [5, 5.41) is 10.3. The van der Waals surface area contributed by atoms with Gasteiger partial charge in [-0.1, -0.05) is 78.6 Å². The van der Waals surface area contributed by atoms with Crippen LogP contribution in [0.4, 0.5) is 4.39 Å². The van der Waals surface area contributed by atoms with Crippen molar-refractivity contribution in [3.63, 3.8) is 0 Å². The first-order valence-electron chi connectivity index (χ1n) is 13.2. The van der Waals surface area contributed by atoms with Crippen molar-refractivity contribution >= 4 is 11.9 Å². The molecular weight excluding hydrogens is 521 g/mol. The number of carbonyl (C=O) groups excluding carboxylic acids is 1. The number of aliphatic carboxylic acids is 1. The molecule has 1 aliphatic heterocycles. The van der Waals surface area contributed by atoms with E-state index in [1.165, 1.54) is 24.1 Å². The normalized spacial score (nSPS) is 14.0. The maximum Gasteiger partial charge on any atom is 0.326 e. The van der Waals surface area contributed by atoms with Crippen molar-refractivity contribution in [1.82, 2.24) is 4.90 Å². The fourth-order valence-corrected chi connectivity index (χ4v) is 5.10. The highest BCUT2D eigenvalue weighted by Crippen LogP contribution is 2.39. The smallest absolute Gasteiger partial charge is 0.326 e. The number of amides is 1. The lowest BCUT2D eigenvalue weighted by Crippen LogP contribution is -2.50. The highest BCUT2D eigenvalue weighted by atomic mass is 19.1. The van der Waals surface area contributed by atoms with Crippen molar-refractivity contribution in [1.29, 1.82) is 0 Å². The zero-order valence-corrected chi connectivity index (χ0v) is 22.4. The Kier molecular flexibility index (Phi) is 8.31. The average molecular weight is 550 g/mol. The van der Waals surface area contributed by atoms with Crippen LogP contribution in [0.5, 0.6) is 11.5 Å². The Morgan fingerprint density at radius 1 is 0.951 bits per heavy atom. The Morgan fingerprint density at radius 2 is 1.59 bits per heavy atom. The summed E-state index contributed by atoms with van der Waals surface area (Å²) in [5.74, 6) is 4.29. The molecule has 1 heterocycles. The van der Waals surface area contributed by atoms with Crippen LogP contribution in [0.15, 0.2) is 97.1 Å². The number of methoxy groups -OCH3 is 1. The van der Waals surface area contributed by atoms with Gasteiger partial charge in [0.1, 0.15) is 18.5 Å². The monoisotopic (exact) mass is 549 g/mol. The van der Waals surface area contributed by atoms with E-state index in [0.29, 0.717) is 22.6 Å². The second kappa shape index (κ2) is 12.4. The Hall–Kier alpha value is -5.09. The van der Waals surface area contributed by atoms with Crippen LogP contribution in [0, 0.1) is 17.7 Å². The zero-order valence-electron chi connectivity index (χ0n) is 22.4. The number of carboxylic acids is 1. The molecule has 0 radical (unpaired) electrons.